The van der Waals surface area contributed by atoms with E-state index in [9.17, 15) is 10.1 Å². The zero-order valence-electron chi connectivity index (χ0n) is 20.6. The lowest BCUT2D eigenvalue weighted by molar-refractivity contribution is -0.0660. The maximum atomic E-state index is 14.0. The molecule has 0 N–H and O–H groups in total. The molecule has 35 heavy (non-hydrogen) atoms. The lowest BCUT2D eigenvalue weighted by Gasteiger charge is -2.44. The summed E-state index contributed by atoms with van der Waals surface area (Å²) in [5, 5.41) is 9.39. The summed E-state index contributed by atoms with van der Waals surface area (Å²) in [6.45, 7) is 10.5. The monoisotopic (exact) mass is 465 g/mol. The number of anilines is 1. The number of allylic oxidation sites excluding steroid dienone is 2. The van der Waals surface area contributed by atoms with E-state index in [0.29, 0.717) is 17.5 Å². The molecule has 2 aromatic carbocycles. The number of rotatable bonds is 3. The van der Waals surface area contributed by atoms with E-state index in [1.54, 1.807) is 0 Å². The Kier molecular flexibility index (Phi) is 4.59. The molecule has 0 radical (unpaired) electrons. The molecule has 2 aliphatic heterocycles. The quantitative estimate of drug-likeness (QED) is 0.671. The second-order valence-corrected chi connectivity index (χ2v) is 11.4. The Morgan fingerprint density at radius 1 is 1.03 bits per heavy atom. The van der Waals surface area contributed by atoms with Gasteiger partial charge in [0.05, 0.1) is 30.9 Å². The largest absolute Gasteiger partial charge is 0.378 e. The number of nitrogens with zero attached hydrogens (tertiary/aromatic N) is 3. The molecular weight excluding hydrogens is 434 g/mol. The maximum absolute atomic E-state index is 14.0. The summed E-state index contributed by atoms with van der Waals surface area (Å²) < 4.78 is 5.42. The van der Waals surface area contributed by atoms with E-state index in [0.717, 1.165) is 68.1 Å². The Labute approximate surface area is 207 Å². The highest BCUT2D eigenvalue weighted by atomic mass is 16.5. The van der Waals surface area contributed by atoms with Crippen LogP contribution in [-0.2, 0) is 16.6 Å². The van der Waals surface area contributed by atoms with Crippen LogP contribution in [0.1, 0.15) is 70.8 Å². The highest BCUT2D eigenvalue weighted by Crippen LogP contribution is 2.53. The van der Waals surface area contributed by atoms with Crippen molar-refractivity contribution in [1.29, 1.82) is 5.26 Å². The Morgan fingerprint density at radius 3 is 2.46 bits per heavy atom. The number of hydrogen-bond acceptors (Lipinski definition) is 5. The average Bonchev–Trinajstić information content (AvgIpc) is 3.60. The van der Waals surface area contributed by atoms with Crippen LogP contribution in [-0.4, -0.2) is 56.1 Å². The fourth-order valence-electron chi connectivity index (χ4n) is 6.65. The van der Waals surface area contributed by atoms with Gasteiger partial charge >= 0.3 is 0 Å². The summed E-state index contributed by atoms with van der Waals surface area (Å²) in [5.41, 5.74) is 9.44. The van der Waals surface area contributed by atoms with Crippen molar-refractivity contribution in [3.05, 3.63) is 69.3 Å². The van der Waals surface area contributed by atoms with Crippen molar-refractivity contribution in [3.8, 4) is 6.07 Å². The molecule has 0 amide bonds. The molecule has 0 aromatic heterocycles. The number of Topliss-reactive ketones (excluding diaryl/α,β-unsaturated/α-hetero) is 1. The molecule has 5 aliphatic rings. The molecule has 2 heterocycles. The van der Waals surface area contributed by atoms with Gasteiger partial charge in [-0.1, -0.05) is 19.9 Å². The predicted octanol–water partition coefficient (Wildman–Crippen LogP) is 4.44. The van der Waals surface area contributed by atoms with E-state index in [4.69, 9.17) is 4.74 Å². The summed E-state index contributed by atoms with van der Waals surface area (Å²) >= 11 is 0. The van der Waals surface area contributed by atoms with Gasteiger partial charge in [0, 0.05) is 48.4 Å². The number of ether oxygens (including phenoxy) is 1. The molecule has 3 fully saturated rings. The predicted molar refractivity (Wildman–Crippen MR) is 136 cm³/mol. The Bertz CT molecular complexity index is 1330. The second kappa shape index (κ2) is 7.53. The summed E-state index contributed by atoms with van der Waals surface area (Å²) in [5.74, 6) is 0.745. The summed E-state index contributed by atoms with van der Waals surface area (Å²) in [6, 6.07) is 13.3. The SMILES string of the molecule is CC1(C)C2=C(C(=O)c3cc(C4CC4)c(N4CCN(C5COC5)CC4)cc31)c1ccc(C#N)cc1C2. The molecule has 7 rings (SSSR count). The molecule has 0 bridgehead atoms. The van der Waals surface area contributed by atoms with Crippen LogP contribution in [0.3, 0.4) is 0 Å². The number of ketones is 1. The number of piperazine rings is 1. The van der Waals surface area contributed by atoms with Gasteiger partial charge in [-0.15, -0.1) is 0 Å². The van der Waals surface area contributed by atoms with Crippen LogP contribution in [0, 0.1) is 11.3 Å². The van der Waals surface area contributed by atoms with Crippen molar-refractivity contribution in [2.24, 2.45) is 0 Å². The number of nitriles is 1. The van der Waals surface area contributed by atoms with Crippen LogP contribution < -0.4 is 4.90 Å². The minimum atomic E-state index is -0.230. The van der Waals surface area contributed by atoms with Gasteiger partial charge in [-0.3, -0.25) is 9.69 Å². The zero-order chi connectivity index (χ0) is 23.9. The molecule has 178 valence electrons. The first-order valence-corrected chi connectivity index (χ1v) is 13.0. The normalized spacial score (nSPS) is 23.5. The third-order valence-corrected chi connectivity index (χ3v) is 9.05. The van der Waals surface area contributed by atoms with Crippen LogP contribution in [0.25, 0.3) is 5.57 Å². The molecule has 1 saturated carbocycles. The average molecular weight is 466 g/mol. The Morgan fingerprint density at radius 2 is 1.80 bits per heavy atom. The highest BCUT2D eigenvalue weighted by Gasteiger charge is 2.44. The van der Waals surface area contributed by atoms with E-state index in [2.05, 4.69) is 41.8 Å². The number of benzene rings is 2. The van der Waals surface area contributed by atoms with Gasteiger partial charge in [-0.2, -0.15) is 5.26 Å². The fraction of sp³-hybridized carbons (Fsp3) is 0.467. The summed E-state index contributed by atoms with van der Waals surface area (Å²) in [4.78, 5) is 19.1. The molecule has 5 heteroatoms. The van der Waals surface area contributed by atoms with E-state index >= 15 is 0 Å². The van der Waals surface area contributed by atoms with Gasteiger partial charge < -0.3 is 9.64 Å². The first kappa shape index (κ1) is 21.4. The minimum Gasteiger partial charge on any atom is -0.378 e. The van der Waals surface area contributed by atoms with Crippen LogP contribution in [0.2, 0.25) is 0 Å². The molecule has 0 atom stereocenters. The lowest BCUT2D eigenvalue weighted by atomic mass is 9.68. The number of fused-ring (bicyclic) bond motifs is 3. The maximum Gasteiger partial charge on any atom is 0.193 e. The topological polar surface area (TPSA) is 56.6 Å². The summed E-state index contributed by atoms with van der Waals surface area (Å²) in [7, 11) is 0. The van der Waals surface area contributed by atoms with E-state index < -0.39 is 0 Å². The van der Waals surface area contributed by atoms with Gasteiger partial charge in [-0.25, -0.2) is 0 Å². The number of carbonyl (C=O) groups is 1. The van der Waals surface area contributed by atoms with Gasteiger partial charge in [0.1, 0.15) is 0 Å². The molecule has 2 saturated heterocycles. The lowest BCUT2D eigenvalue weighted by Crippen LogP contribution is -2.56. The van der Waals surface area contributed by atoms with Crippen molar-refractivity contribution < 1.29 is 9.53 Å². The third-order valence-electron chi connectivity index (χ3n) is 9.05. The molecule has 2 aromatic rings. The Balaban J connectivity index is 1.28. The van der Waals surface area contributed by atoms with Gasteiger partial charge in [0.2, 0.25) is 0 Å². The standard InChI is InChI=1S/C30H31N3O2/c1-30(2)25-14-27(33-9-7-32(8-10-33)21-16-35-17-21)23(19-4-5-19)13-24(25)29(34)28-22-6-3-18(15-31)11-20(22)12-26(28)30/h3,6,11,13-14,19,21H,4-5,7-10,12,16-17H2,1-2H3. The molecule has 0 unspecified atom stereocenters. The molecular formula is C30H31N3O2. The summed E-state index contributed by atoms with van der Waals surface area (Å²) in [6.07, 6.45) is 3.19. The Hall–Kier alpha value is -2.94. The van der Waals surface area contributed by atoms with Crippen LogP contribution in [0.15, 0.2) is 35.9 Å². The van der Waals surface area contributed by atoms with Crippen LogP contribution >= 0.6 is 0 Å². The second-order valence-electron chi connectivity index (χ2n) is 11.4. The smallest absolute Gasteiger partial charge is 0.193 e. The van der Waals surface area contributed by atoms with Crippen LogP contribution in [0.5, 0.6) is 0 Å². The minimum absolute atomic E-state index is 0.168. The number of hydrogen-bond donors (Lipinski definition) is 0. The van der Waals surface area contributed by atoms with E-state index in [-0.39, 0.29) is 11.2 Å². The third kappa shape index (κ3) is 3.16. The highest BCUT2D eigenvalue weighted by molar-refractivity contribution is 6.33. The van der Waals surface area contributed by atoms with Gasteiger partial charge in [-0.05, 0) is 77.3 Å². The van der Waals surface area contributed by atoms with Gasteiger partial charge in [0.25, 0.3) is 0 Å². The molecule has 5 nitrogen and oxygen atoms in total. The molecule has 0 spiro atoms. The van der Waals surface area contributed by atoms with Crippen molar-refractivity contribution in [2.45, 2.75) is 50.5 Å². The van der Waals surface area contributed by atoms with Crippen molar-refractivity contribution in [2.75, 3.05) is 44.3 Å². The molecule has 3 aliphatic carbocycles. The van der Waals surface area contributed by atoms with Gasteiger partial charge in [0.15, 0.2) is 5.78 Å². The van der Waals surface area contributed by atoms with Crippen molar-refractivity contribution in [3.63, 3.8) is 0 Å². The fourth-order valence-corrected chi connectivity index (χ4v) is 6.65. The van der Waals surface area contributed by atoms with E-state index in [1.165, 1.54) is 35.2 Å². The number of carbonyl (C=O) groups excluding carboxylic acids is 1. The van der Waals surface area contributed by atoms with E-state index in [1.807, 2.05) is 18.2 Å². The zero-order valence-corrected chi connectivity index (χ0v) is 20.6. The first-order valence-electron chi connectivity index (χ1n) is 13.0. The van der Waals surface area contributed by atoms with Crippen LogP contribution in [0.4, 0.5) is 5.69 Å². The van der Waals surface area contributed by atoms with Crippen molar-refractivity contribution >= 4 is 17.0 Å². The van der Waals surface area contributed by atoms with Crippen molar-refractivity contribution in [1.82, 2.24) is 4.90 Å². The first-order chi connectivity index (χ1) is 17.0.